The lowest BCUT2D eigenvalue weighted by Gasteiger charge is -1.92. The van der Waals surface area contributed by atoms with Crippen LogP contribution in [0.3, 0.4) is 0 Å². The van der Waals surface area contributed by atoms with Gasteiger partial charge >= 0.3 is 0 Å². The van der Waals surface area contributed by atoms with E-state index in [0.717, 1.165) is 0 Å². The van der Waals surface area contributed by atoms with E-state index in [1.807, 2.05) is 11.6 Å². The summed E-state index contributed by atoms with van der Waals surface area (Å²) in [6.07, 6.45) is 0.565. The number of sulfonamides is 1. The van der Waals surface area contributed by atoms with Crippen LogP contribution in [-0.4, -0.2) is 14.3 Å². The summed E-state index contributed by atoms with van der Waals surface area (Å²) in [6.45, 7) is 1.82. The number of carbonyl (C=O) groups is 1. The molecule has 1 aliphatic heterocycles. The van der Waals surface area contributed by atoms with Crippen molar-refractivity contribution in [3.8, 4) is 0 Å². The van der Waals surface area contributed by atoms with Gasteiger partial charge in [0.25, 0.3) is 21.0 Å². The summed E-state index contributed by atoms with van der Waals surface area (Å²) in [5.74, 6) is -0.109. The molecule has 0 spiro atoms. The van der Waals surface area contributed by atoms with Crippen molar-refractivity contribution in [3.63, 3.8) is 0 Å². The molecule has 0 radical (unpaired) electrons. The van der Waals surface area contributed by atoms with Gasteiger partial charge in [-0.15, -0.1) is 0 Å². The van der Waals surface area contributed by atoms with Crippen LogP contribution in [0.2, 0.25) is 0 Å². The minimum Gasteiger partial charge on any atom is -0.447 e. The molecule has 70 valence electrons. The minimum atomic E-state index is -3.71. The average Bonchev–Trinajstić information content (AvgIpc) is 2.53. The predicted octanol–water partition coefficient (Wildman–Crippen LogP) is 0.274. The van der Waals surface area contributed by atoms with Crippen LogP contribution in [0, 0.1) is 0 Å². The highest BCUT2D eigenvalue weighted by molar-refractivity contribution is 7.90. The van der Waals surface area contributed by atoms with E-state index < -0.39 is 15.9 Å². The highest BCUT2D eigenvalue weighted by Crippen LogP contribution is 2.25. The normalized spacial score (nSPS) is 18.4. The number of carbonyl (C=O) groups excluding carboxylic acids is 1. The SMILES string of the molecule is CCc1cc2c(o1)S(=O)(=O)NC2=O. The highest BCUT2D eigenvalue weighted by atomic mass is 32.2. The van der Waals surface area contributed by atoms with Gasteiger partial charge in [0.05, 0.1) is 0 Å². The van der Waals surface area contributed by atoms with Gasteiger partial charge in [-0.05, 0) is 6.07 Å². The van der Waals surface area contributed by atoms with Crippen LogP contribution < -0.4 is 4.72 Å². The van der Waals surface area contributed by atoms with Crippen LogP contribution in [0.1, 0.15) is 23.0 Å². The third-order valence-corrected chi connectivity index (χ3v) is 3.06. The van der Waals surface area contributed by atoms with Crippen molar-refractivity contribution in [1.29, 1.82) is 0 Å². The van der Waals surface area contributed by atoms with Crippen LogP contribution >= 0.6 is 0 Å². The monoisotopic (exact) mass is 201 g/mol. The van der Waals surface area contributed by atoms with E-state index in [-0.39, 0.29) is 10.7 Å². The number of nitrogens with one attached hydrogen (secondary N) is 1. The summed E-state index contributed by atoms with van der Waals surface area (Å²) >= 11 is 0. The molecule has 0 bridgehead atoms. The van der Waals surface area contributed by atoms with Crippen LogP contribution in [0.15, 0.2) is 15.6 Å². The number of furan rings is 1. The largest absolute Gasteiger partial charge is 0.447 e. The fourth-order valence-corrected chi connectivity index (χ4v) is 2.28. The second-order valence-electron chi connectivity index (χ2n) is 2.70. The molecular weight excluding hydrogens is 194 g/mol. The summed E-state index contributed by atoms with van der Waals surface area (Å²) in [5.41, 5.74) is 0.108. The zero-order valence-electron chi connectivity index (χ0n) is 6.83. The van der Waals surface area contributed by atoms with Crippen molar-refractivity contribution in [3.05, 3.63) is 17.4 Å². The lowest BCUT2D eigenvalue weighted by Crippen LogP contribution is -2.21. The van der Waals surface area contributed by atoms with E-state index in [9.17, 15) is 13.2 Å². The van der Waals surface area contributed by atoms with Crippen molar-refractivity contribution < 1.29 is 17.6 Å². The summed E-state index contributed by atoms with van der Waals surface area (Å²) in [5, 5.41) is -0.255. The molecule has 0 unspecified atom stereocenters. The number of hydrogen-bond donors (Lipinski definition) is 1. The van der Waals surface area contributed by atoms with Gasteiger partial charge in [0.2, 0.25) is 0 Å². The topological polar surface area (TPSA) is 76.4 Å². The molecule has 0 aromatic carbocycles. The molecule has 2 heterocycles. The van der Waals surface area contributed by atoms with Crippen molar-refractivity contribution in [1.82, 2.24) is 4.72 Å². The third kappa shape index (κ3) is 1.06. The first-order valence-corrected chi connectivity index (χ1v) is 5.23. The molecule has 2 rings (SSSR count). The minimum absolute atomic E-state index is 0.108. The van der Waals surface area contributed by atoms with Crippen LogP contribution in [-0.2, 0) is 16.4 Å². The number of fused-ring (bicyclic) bond motifs is 1. The quantitative estimate of drug-likeness (QED) is 0.707. The number of hydrogen-bond acceptors (Lipinski definition) is 4. The highest BCUT2D eigenvalue weighted by Gasteiger charge is 2.37. The van der Waals surface area contributed by atoms with Crippen molar-refractivity contribution in [2.24, 2.45) is 0 Å². The third-order valence-electron chi connectivity index (χ3n) is 1.81. The lowest BCUT2D eigenvalue weighted by atomic mass is 10.3. The Morgan fingerprint density at radius 3 is 2.77 bits per heavy atom. The zero-order chi connectivity index (χ0) is 9.64. The first-order valence-electron chi connectivity index (χ1n) is 3.74. The van der Waals surface area contributed by atoms with Crippen LogP contribution in [0.25, 0.3) is 0 Å². The molecular formula is C7H7NO4S. The number of amides is 1. The molecule has 0 fully saturated rings. The Balaban J connectivity index is 2.69. The van der Waals surface area contributed by atoms with E-state index in [1.54, 1.807) is 0 Å². The molecule has 0 aliphatic carbocycles. The van der Waals surface area contributed by atoms with Crippen LogP contribution in [0.5, 0.6) is 0 Å². The first-order chi connectivity index (χ1) is 6.04. The van der Waals surface area contributed by atoms with Gasteiger partial charge in [0.1, 0.15) is 11.3 Å². The van der Waals surface area contributed by atoms with E-state index >= 15 is 0 Å². The van der Waals surface area contributed by atoms with Crippen molar-refractivity contribution in [2.75, 3.05) is 0 Å². The molecule has 6 heteroatoms. The molecule has 13 heavy (non-hydrogen) atoms. The van der Waals surface area contributed by atoms with Gasteiger partial charge in [0, 0.05) is 6.42 Å². The van der Waals surface area contributed by atoms with Crippen LogP contribution in [0.4, 0.5) is 0 Å². The Hall–Kier alpha value is -1.30. The summed E-state index contributed by atoms with van der Waals surface area (Å²) < 4.78 is 29.2. The smallest absolute Gasteiger partial charge is 0.298 e. The second-order valence-corrected chi connectivity index (χ2v) is 4.28. The van der Waals surface area contributed by atoms with Gasteiger partial charge in [0.15, 0.2) is 0 Å². The molecule has 1 aromatic heterocycles. The molecule has 0 saturated carbocycles. The van der Waals surface area contributed by atoms with Crippen molar-refractivity contribution >= 4 is 15.9 Å². The maximum Gasteiger partial charge on any atom is 0.298 e. The Bertz CT molecular complexity index is 471. The van der Waals surface area contributed by atoms with Gasteiger partial charge in [-0.25, -0.2) is 4.72 Å². The van der Waals surface area contributed by atoms with E-state index in [0.29, 0.717) is 12.2 Å². The van der Waals surface area contributed by atoms with E-state index in [4.69, 9.17) is 4.42 Å². The summed E-state index contributed by atoms with van der Waals surface area (Å²) in [7, 11) is -3.71. The molecule has 1 amide bonds. The molecule has 1 aliphatic rings. The molecule has 1 aromatic rings. The number of rotatable bonds is 1. The van der Waals surface area contributed by atoms with E-state index in [2.05, 4.69) is 0 Å². The lowest BCUT2D eigenvalue weighted by molar-refractivity contribution is 0.0984. The Kier molecular flexibility index (Phi) is 1.50. The Morgan fingerprint density at radius 1 is 1.54 bits per heavy atom. The van der Waals surface area contributed by atoms with Crippen molar-refractivity contribution in [2.45, 2.75) is 18.4 Å². The summed E-state index contributed by atoms with van der Waals surface area (Å²) in [4.78, 5) is 11.1. The fourth-order valence-electron chi connectivity index (χ4n) is 1.18. The fraction of sp³-hybridized carbons (Fsp3) is 0.286. The Labute approximate surface area is 74.8 Å². The maximum absolute atomic E-state index is 11.2. The van der Waals surface area contributed by atoms with E-state index in [1.165, 1.54) is 6.07 Å². The molecule has 0 atom stereocenters. The number of aryl methyl sites for hydroxylation is 1. The molecule has 1 N–H and O–H groups in total. The van der Waals surface area contributed by atoms with Gasteiger partial charge < -0.3 is 4.42 Å². The van der Waals surface area contributed by atoms with Gasteiger partial charge in [-0.2, -0.15) is 8.42 Å². The summed E-state index contributed by atoms with van der Waals surface area (Å²) in [6, 6.07) is 1.45. The standard InChI is InChI=1S/C7H7NO4S/c1-2-4-3-5-6(9)8-13(10,11)7(5)12-4/h3H,2H2,1H3,(H,8,9). The Morgan fingerprint density at radius 2 is 2.23 bits per heavy atom. The first kappa shape index (κ1) is 8.31. The second kappa shape index (κ2) is 2.35. The van der Waals surface area contributed by atoms with Gasteiger partial charge in [-0.3, -0.25) is 4.79 Å². The molecule has 0 saturated heterocycles. The molecule has 5 nitrogen and oxygen atoms in total. The van der Waals surface area contributed by atoms with Gasteiger partial charge in [-0.1, -0.05) is 6.92 Å². The predicted molar refractivity (Wildman–Crippen MR) is 42.7 cm³/mol. The zero-order valence-corrected chi connectivity index (χ0v) is 7.64. The average molecular weight is 201 g/mol. The maximum atomic E-state index is 11.2.